The monoisotopic (exact) mass is 336 g/mol. The number of hydrogen-bond donors (Lipinski definition) is 3. The number of carboxylic acid groups (broad SMARTS) is 1. The van der Waals surface area contributed by atoms with Gasteiger partial charge in [-0.3, -0.25) is 4.79 Å². The van der Waals surface area contributed by atoms with E-state index in [4.69, 9.17) is 0 Å². The zero-order valence-electron chi connectivity index (χ0n) is 15.2. The highest BCUT2D eigenvalue weighted by Crippen LogP contribution is 2.62. The van der Waals surface area contributed by atoms with E-state index in [2.05, 4.69) is 20.1 Å². The Morgan fingerprint density at radius 2 is 2.04 bits per heavy atom. The summed E-state index contributed by atoms with van der Waals surface area (Å²) in [5.74, 6) is -0.845. The second-order valence-corrected chi connectivity index (χ2v) is 8.61. The van der Waals surface area contributed by atoms with Crippen LogP contribution in [-0.2, 0) is 4.79 Å². The lowest BCUT2D eigenvalue weighted by Crippen LogP contribution is -2.56. The van der Waals surface area contributed by atoms with E-state index < -0.39 is 23.1 Å². The van der Waals surface area contributed by atoms with Gasteiger partial charge in [-0.1, -0.05) is 26.0 Å². The third kappa shape index (κ3) is 3.06. The molecule has 0 saturated heterocycles. The highest BCUT2D eigenvalue weighted by atomic mass is 16.4. The quantitative estimate of drug-likeness (QED) is 0.671. The molecule has 3 N–H and O–H groups in total. The zero-order valence-corrected chi connectivity index (χ0v) is 15.2. The molecule has 0 heterocycles. The molecule has 2 aliphatic rings. The van der Waals surface area contributed by atoms with Gasteiger partial charge in [0.15, 0.2) is 0 Å². The molecule has 0 aromatic carbocycles. The number of aliphatic carboxylic acids is 1. The smallest absolute Gasteiger partial charge is 0.309 e. The second kappa shape index (κ2) is 6.30. The maximum absolute atomic E-state index is 12.0. The largest absolute Gasteiger partial charge is 0.481 e. The van der Waals surface area contributed by atoms with Crippen molar-refractivity contribution in [1.29, 1.82) is 0 Å². The molecule has 6 atom stereocenters. The maximum Gasteiger partial charge on any atom is 0.309 e. The van der Waals surface area contributed by atoms with Crippen LogP contribution in [0.1, 0.15) is 59.3 Å². The van der Waals surface area contributed by atoms with Crippen LogP contribution < -0.4 is 0 Å². The lowest BCUT2D eigenvalue weighted by molar-refractivity contribution is -0.167. The summed E-state index contributed by atoms with van der Waals surface area (Å²) in [5.41, 5.74) is -1.19. The molecule has 0 aromatic rings. The first-order chi connectivity index (χ1) is 11.0. The summed E-state index contributed by atoms with van der Waals surface area (Å²) in [4.78, 5) is 12.0. The molecule has 136 valence electrons. The summed E-state index contributed by atoms with van der Waals surface area (Å²) in [7, 11) is 0. The van der Waals surface area contributed by atoms with Crippen LogP contribution in [0.2, 0.25) is 0 Å². The average Bonchev–Trinajstić information content (AvgIpc) is 2.49. The van der Waals surface area contributed by atoms with Crippen molar-refractivity contribution in [3.8, 4) is 0 Å². The summed E-state index contributed by atoms with van der Waals surface area (Å²) < 4.78 is 0. The summed E-state index contributed by atoms with van der Waals surface area (Å²) in [5, 5.41) is 30.6. The number of rotatable bonds is 5. The van der Waals surface area contributed by atoms with Crippen LogP contribution in [0.25, 0.3) is 0 Å². The fourth-order valence-corrected chi connectivity index (χ4v) is 5.20. The van der Waals surface area contributed by atoms with Gasteiger partial charge in [0.2, 0.25) is 0 Å². The number of aliphatic hydroxyl groups is 2. The number of carboxylic acids is 1. The minimum absolute atomic E-state index is 0.0108. The van der Waals surface area contributed by atoms with Gasteiger partial charge in [-0.05, 0) is 68.8 Å². The Kier molecular flexibility index (Phi) is 5.04. The molecule has 24 heavy (non-hydrogen) atoms. The predicted molar refractivity (Wildman–Crippen MR) is 94.5 cm³/mol. The van der Waals surface area contributed by atoms with Crippen molar-refractivity contribution < 1.29 is 20.1 Å². The fourth-order valence-electron chi connectivity index (χ4n) is 5.20. The van der Waals surface area contributed by atoms with E-state index >= 15 is 0 Å². The fraction of sp³-hybridized carbons (Fsp3) is 0.750. The highest BCUT2D eigenvalue weighted by Gasteiger charge is 2.59. The van der Waals surface area contributed by atoms with Crippen molar-refractivity contribution in [3.63, 3.8) is 0 Å². The van der Waals surface area contributed by atoms with Crippen molar-refractivity contribution in [2.75, 3.05) is 0 Å². The third-order valence-electron chi connectivity index (χ3n) is 6.97. The van der Waals surface area contributed by atoms with Crippen molar-refractivity contribution in [2.45, 2.75) is 71.0 Å². The highest BCUT2D eigenvalue weighted by molar-refractivity contribution is 5.75. The first kappa shape index (κ1) is 19.2. The normalized spacial score (nSPS) is 42.0. The van der Waals surface area contributed by atoms with Gasteiger partial charge in [0.05, 0.1) is 17.1 Å². The molecule has 4 nitrogen and oxygen atoms in total. The van der Waals surface area contributed by atoms with Gasteiger partial charge in [0.25, 0.3) is 0 Å². The Hall–Kier alpha value is -1.13. The van der Waals surface area contributed by atoms with Crippen LogP contribution in [0, 0.1) is 22.7 Å². The number of carbonyl (C=O) groups is 1. The van der Waals surface area contributed by atoms with E-state index in [9.17, 15) is 20.1 Å². The molecule has 0 spiro atoms. The second-order valence-electron chi connectivity index (χ2n) is 8.61. The Morgan fingerprint density at radius 3 is 2.58 bits per heavy atom. The summed E-state index contributed by atoms with van der Waals surface area (Å²) in [6, 6.07) is 0. The lowest BCUT2D eigenvalue weighted by Gasteiger charge is -2.58. The van der Waals surface area contributed by atoms with E-state index in [0.717, 1.165) is 18.4 Å². The Labute approximate surface area is 145 Å². The van der Waals surface area contributed by atoms with Gasteiger partial charge in [-0.2, -0.15) is 0 Å². The van der Waals surface area contributed by atoms with E-state index in [1.807, 2.05) is 6.92 Å². The van der Waals surface area contributed by atoms with Crippen LogP contribution in [0.4, 0.5) is 0 Å². The molecule has 0 aliphatic heterocycles. The summed E-state index contributed by atoms with van der Waals surface area (Å²) >= 11 is 0. The molecule has 0 aromatic heterocycles. The third-order valence-corrected chi connectivity index (χ3v) is 6.97. The molecule has 2 fully saturated rings. The first-order valence-corrected chi connectivity index (χ1v) is 8.94. The molecule has 2 aliphatic carbocycles. The van der Waals surface area contributed by atoms with Gasteiger partial charge in [0, 0.05) is 0 Å². The zero-order chi connectivity index (χ0) is 18.3. The van der Waals surface area contributed by atoms with Crippen molar-refractivity contribution in [1.82, 2.24) is 0 Å². The van der Waals surface area contributed by atoms with Gasteiger partial charge in [-0.25, -0.2) is 0 Å². The van der Waals surface area contributed by atoms with Gasteiger partial charge < -0.3 is 15.3 Å². The van der Waals surface area contributed by atoms with Gasteiger partial charge >= 0.3 is 5.97 Å². The molecule has 1 unspecified atom stereocenters. The standard InChI is InChI=1S/C20H32O4/c1-6-18(3,24)11-8-14-13(2)15(21)12-16-19(14,4)9-7-10-20(16,5)17(22)23/h6,14-16,21,24H,1-2,7-12H2,3-5H3,(H,22,23)/t14-,15+,16?,18-,19+,20+/m0/s1. The van der Waals surface area contributed by atoms with Crippen LogP contribution in [0.15, 0.2) is 24.8 Å². The van der Waals surface area contributed by atoms with E-state index in [1.54, 1.807) is 6.92 Å². The van der Waals surface area contributed by atoms with Crippen LogP contribution in [0.3, 0.4) is 0 Å². The van der Waals surface area contributed by atoms with E-state index in [0.29, 0.717) is 25.7 Å². The van der Waals surface area contributed by atoms with Crippen LogP contribution in [-0.4, -0.2) is 33.0 Å². The topological polar surface area (TPSA) is 77.8 Å². The average molecular weight is 336 g/mol. The van der Waals surface area contributed by atoms with Crippen LogP contribution >= 0.6 is 0 Å². The minimum atomic E-state index is -0.959. The number of fused-ring (bicyclic) bond motifs is 1. The Morgan fingerprint density at radius 1 is 1.42 bits per heavy atom. The SMILES string of the molecule is C=C[C@](C)(O)CC[C@H]1C(=C)[C@H](O)CC2[C@](C)(C(=O)O)CCC[C@@]21C. The molecule has 2 saturated carbocycles. The summed E-state index contributed by atoms with van der Waals surface area (Å²) in [6.45, 7) is 13.5. The van der Waals surface area contributed by atoms with Crippen molar-refractivity contribution >= 4 is 5.97 Å². The Balaban J connectivity index is 2.36. The number of aliphatic hydroxyl groups excluding tert-OH is 1. The molecular weight excluding hydrogens is 304 g/mol. The molecule has 4 heteroatoms. The van der Waals surface area contributed by atoms with Crippen molar-refractivity contribution in [2.24, 2.45) is 22.7 Å². The molecular formula is C20H32O4. The predicted octanol–water partition coefficient (Wildman–Crippen LogP) is 3.54. The lowest BCUT2D eigenvalue weighted by atomic mass is 9.46. The molecule has 0 bridgehead atoms. The van der Waals surface area contributed by atoms with E-state index in [1.165, 1.54) is 6.08 Å². The minimum Gasteiger partial charge on any atom is -0.481 e. The molecule has 0 radical (unpaired) electrons. The maximum atomic E-state index is 12.0. The van der Waals surface area contributed by atoms with Gasteiger partial charge in [-0.15, -0.1) is 6.58 Å². The first-order valence-electron chi connectivity index (χ1n) is 8.94. The molecule has 0 amide bonds. The molecule has 2 rings (SSSR count). The van der Waals surface area contributed by atoms with Crippen molar-refractivity contribution in [3.05, 3.63) is 24.8 Å². The summed E-state index contributed by atoms with van der Waals surface area (Å²) in [6.07, 6.45) is 5.00. The van der Waals surface area contributed by atoms with E-state index in [-0.39, 0.29) is 17.3 Å². The Bertz CT molecular complexity index is 538. The number of hydrogen-bond acceptors (Lipinski definition) is 3. The van der Waals surface area contributed by atoms with Gasteiger partial charge in [0.1, 0.15) is 0 Å². The van der Waals surface area contributed by atoms with Crippen LogP contribution in [0.5, 0.6) is 0 Å².